The molecule has 2 rings (SSSR count). The van der Waals surface area contributed by atoms with E-state index in [2.05, 4.69) is 4.90 Å². The van der Waals surface area contributed by atoms with Crippen molar-refractivity contribution in [3.05, 3.63) is 24.3 Å². The molecule has 2 nitrogen and oxygen atoms in total. The molecule has 64 valence electrons. The predicted molar refractivity (Wildman–Crippen MR) is 47.9 cm³/mol. The molecule has 0 saturated carbocycles. The van der Waals surface area contributed by atoms with Crippen molar-refractivity contribution in [1.82, 2.24) is 4.90 Å². The van der Waals surface area contributed by atoms with E-state index in [9.17, 15) is 4.79 Å². The van der Waals surface area contributed by atoms with E-state index in [-0.39, 0.29) is 11.8 Å². The molecule has 1 heterocycles. The summed E-state index contributed by atoms with van der Waals surface area (Å²) in [7, 11) is 0. The Kier molecular flexibility index (Phi) is 2.09. The molecule has 1 aliphatic carbocycles. The highest BCUT2D eigenvalue weighted by atomic mass is 16.1. The fraction of sp³-hybridized carbons (Fsp3) is 0.500. The molecule has 12 heavy (non-hydrogen) atoms. The minimum Gasteiger partial charge on any atom is -0.293 e. The second kappa shape index (κ2) is 3.23. The van der Waals surface area contributed by atoms with Gasteiger partial charge in [0, 0.05) is 0 Å². The molecule has 0 aromatic carbocycles. The zero-order valence-corrected chi connectivity index (χ0v) is 7.07. The Bertz CT molecular complexity index is 236. The lowest BCUT2D eigenvalue weighted by atomic mass is 10.1. The minimum absolute atomic E-state index is 0.0394. The number of allylic oxidation sites excluding steroid dienone is 2. The highest BCUT2D eigenvalue weighted by molar-refractivity contribution is 5.97. The van der Waals surface area contributed by atoms with E-state index in [1.807, 2.05) is 18.2 Å². The van der Waals surface area contributed by atoms with E-state index in [0.29, 0.717) is 0 Å². The van der Waals surface area contributed by atoms with Crippen LogP contribution in [0.1, 0.15) is 12.8 Å². The average Bonchev–Trinajstić information content (AvgIpc) is 2.57. The lowest BCUT2D eigenvalue weighted by Crippen LogP contribution is -2.37. The van der Waals surface area contributed by atoms with E-state index in [1.165, 1.54) is 12.8 Å². The molecule has 2 aliphatic rings. The summed E-state index contributed by atoms with van der Waals surface area (Å²) in [6.07, 6.45) is 9.92. The van der Waals surface area contributed by atoms with Gasteiger partial charge in [0.15, 0.2) is 5.78 Å². The third kappa shape index (κ3) is 1.34. The number of nitrogens with zero attached hydrogens (tertiary/aromatic N) is 1. The first-order valence-electron chi connectivity index (χ1n) is 4.51. The number of carbonyl (C=O) groups is 1. The van der Waals surface area contributed by atoms with E-state index < -0.39 is 0 Å². The molecule has 0 bridgehead atoms. The molecule has 1 unspecified atom stereocenters. The SMILES string of the molecule is O=C1C=CC=CC1N1CCCC1. The van der Waals surface area contributed by atoms with Gasteiger partial charge < -0.3 is 0 Å². The lowest BCUT2D eigenvalue weighted by Gasteiger charge is -2.23. The van der Waals surface area contributed by atoms with Crippen molar-refractivity contribution in [3.8, 4) is 0 Å². The van der Waals surface area contributed by atoms with Crippen LogP contribution in [0.4, 0.5) is 0 Å². The van der Waals surface area contributed by atoms with Gasteiger partial charge >= 0.3 is 0 Å². The van der Waals surface area contributed by atoms with Crippen LogP contribution in [0.15, 0.2) is 24.3 Å². The van der Waals surface area contributed by atoms with E-state index in [1.54, 1.807) is 6.08 Å². The van der Waals surface area contributed by atoms with Gasteiger partial charge in [-0.3, -0.25) is 9.69 Å². The van der Waals surface area contributed by atoms with Gasteiger partial charge in [0.05, 0.1) is 6.04 Å². The van der Waals surface area contributed by atoms with Crippen LogP contribution in [0.2, 0.25) is 0 Å². The van der Waals surface area contributed by atoms with Crippen LogP contribution in [0, 0.1) is 0 Å². The zero-order valence-electron chi connectivity index (χ0n) is 7.07. The van der Waals surface area contributed by atoms with Crippen molar-refractivity contribution in [3.63, 3.8) is 0 Å². The van der Waals surface area contributed by atoms with Gasteiger partial charge in [-0.1, -0.05) is 18.2 Å². The molecular formula is C10H13NO. The third-order valence-corrected chi connectivity index (χ3v) is 2.49. The molecule has 1 saturated heterocycles. The van der Waals surface area contributed by atoms with Crippen LogP contribution in [-0.2, 0) is 4.79 Å². The first kappa shape index (κ1) is 7.74. The maximum Gasteiger partial charge on any atom is 0.176 e. The predicted octanol–water partition coefficient (Wildman–Crippen LogP) is 1.15. The summed E-state index contributed by atoms with van der Waals surface area (Å²) in [5.74, 6) is 0.236. The van der Waals surface area contributed by atoms with Crippen LogP contribution >= 0.6 is 0 Å². The maximum atomic E-state index is 11.4. The normalized spacial score (nSPS) is 30.0. The second-order valence-corrected chi connectivity index (χ2v) is 3.33. The summed E-state index contributed by atoms with van der Waals surface area (Å²) >= 11 is 0. The number of hydrogen-bond acceptors (Lipinski definition) is 2. The van der Waals surface area contributed by atoms with Crippen molar-refractivity contribution < 1.29 is 4.79 Å². The Morgan fingerprint density at radius 2 is 2.00 bits per heavy atom. The summed E-state index contributed by atoms with van der Waals surface area (Å²) in [4.78, 5) is 13.7. The molecule has 0 N–H and O–H groups in total. The zero-order chi connectivity index (χ0) is 8.39. The summed E-state index contributed by atoms with van der Waals surface area (Å²) in [6.45, 7) is 2.16. The second-order valence-electron chi connectivity index (χ2n) is 3.33. The van der Waals surface area contributed by atoms with Crippen molar-refractivity contribution in [1.29, 1.82) is 0 Å². The summed E-state index contributed by atoms with van der Waals surface area (Å²) < 4.78 is 0. The number of ketones is 1. The Balaban J connectivity index is 2.07. The highest BCUT2D eigenvalue weighted by Gasteiger charge is 2.24. The van der Waals surface area contributed by atoms with Gasteiger partial charge in [0.25, 0.3) is 0 Å². The van der Waals surface area contributed by atoms with E-state index in [0.717, 1.165) is 13.1 Å². The molecule has 0 amide bonds. The average molecular weight is 163 g/mol. The van der Waals surface area contributed by atoms with Crippen LogP contribution in [0.3, 0.4) is 0 Å². The molecule has 1 aliphatic heterocycles. The van der Waals surface area contributed by atoms with Crippen LogP contribution < -0.4 is 0 Å². The fourth-order valence-electron chi connectivity index (χ4n) is 1.83. The van der Waals surface area contributed by atoms with Crippen LogP contribution in [-0.4, -0.2) is 29.8 Å². The highest BCUT2D eigenvalue weighted by Crippen LogP contribution is 2.15. The van der Waals surface area contributed by atoms with Gasteiger partial charge in [-0.15, -0.1) is 0 Å². The molecule has 2 heteroatoms. The standard InChI is InChI=1S/C10H13NO/c12-10-6-2-1-5-9(10)11-7-3-4-8-11/h1-2,5-6,9H,3-4,7-8H2. The van der Waals surface area contributed by atoms with Gasteiger partial charge in [0.2, 0.25) is 0 Å². The number of carbonyl (C=O) groups excluding carboxylic acids is 1. The molecule has 1 fully saturated rings. The van der Waals surface area contributed by atoms with Crippen molar-refractivity contribution in [2.75, 3.05) is 13.1 Å². The molecule has 0 radical (unpaired) electrons. The molecular weight excluding hydrogens is 150 g/mol. The molecule has 0 aromatic rings. The number of likely N-dealkylation sites (tertiary alicyclic amines) is 1. The van der Waals surface area contributed by atoms with Crippen LogP contribution in [0.25, 0.3) is 0 Å². The lowest BCUT2D eigenvalue weighted by molar-refractivity contribution is -0.117. The Morgan fingerprint density at radius 1 is 1.25 bits per heavy atom. The van der Waals surface area contributed by atoms with Crippen molar-refractivity contribution in [2.24, 2.45) is 0 Å². The van der Waals surface area contributed by atoms with Crippen LogP contribution in [0.5, 0.6) is 0 Å². The molecule has 0 spiro atoms. The smallest absolute Gasteiger partial charge is 0.176 e. The first-order valence-corrected chi connectivity index (χ1v) is 4.51. The Hall–Kier alpha value is -0.890. The Morgan fingerprint density at radius 3 is 2.67 bits per heavy atom. The first-order chi connectivity index (χ1) is 5.88. The quantitative estimate of drug-likeness (QED) is 0.578. The monoisotopic (exact) mass is 163 g/mol. The van der Waals surface area contributed by atoms with Crippen molar-refractivity contribution in [2.45, 2.75) is 18.9 Å². The summed E-state index contributed by atoms with van der Waals surface area (Å²) in [5, 5.41) is 0. The number of rotatable bonds is 1. The number of hydrogen-bond donors (Lipinski definition) is 0. The minimum atomic E-state index is 0.0394. The van der Waals surface area contributed by atoms with Gasteiger partial charge in [-0.25, -0.2) is 0 Å². The van der Waals surface area contributed by atoms with Gasteiger partial charge in [-0.05, 0) is 32.0 Å². The largest absolute Gasteiger partial charge is 0.293 e. The molecule has 1 atom stereocenters. The van der Waals surface area contributed by atoms with Gasteiger partial charge in [-0.2, -0.15) is 0 Å². The summed E-state index contributed by atoms with van der Waals surface area (Å²) in [5.41, 5.74) is 0. The van der Waals surface area contributed by atoms with Gasteiger partial charge in [0.1, 0.15) is 0 Å². The van der Waals surface area contributed by atoms with Crippen molar-refractivity contribution >= 4 is 5.78 Å². The topological polar surface area (TPSA) is 20.3 Å². The fourth-order valence-corrected chi connectivity index (χ4v) is 1.83. The Labute approximate surface area is 72.6 Å². The molecule has 0 aromatic heterocycles. The maximum absolute atomic E-state index is 11.4. The third-order valence-electron chi connectivity index (χ3n) is 2.49. The summed E-state index contributed by atoms with van der Waals surface area (Å²) in [6, 6.07) is 0.0394. The van der Waals surface area contributed by atoms with E-state index >= 15 is 0 Å². The van der Waals surface area contributed by atoms with E-state index in [4.69, 9.17) is 0 Å².